The fraction of sp³-hybridized carbons (Fsp3) is 0.143. The molecule has 1 nitrogen and oxygen atoms in total. The largest absolute Gasteiger partial charge is 0.316 e. The molecule has 0 fully saturated rings. The van der Waals surface area contributed by atoms with Crippen LogP contribution in [0, 0.1) is 0 Å². The lowest BCUT2D eigenvalue weighted by Crippen LogP contribution is -2.05. The highest BCUT2D eigenvalue weighted by Crippen LogP contribution is 2.37. The van der Waals surface area contributed by atoms with E-state index in [9.17, 15) is 0 Å². The van der Waals surface area contributed by atoms with Gasteiger partial charge in [-0.05, 0) is 42.9 Å². The van der Waals surface area contributed by atoms with Gasteiger partial charge in [0.05, 0.1) is 5.02 Å². The van der Waals surface area contributed by atoms with Crippen molar-refractivity contribution in [1.82, 2.24) is 5.32 Å². The van der Waals surface area contributed by atoms with Crippen LogP contribution in [0.4, 0.5) is 0 Å². The quantitative estimate of drug-likeness (QED) is 0.791. The summed E-state index contributed by atoms with van der Waals surface area (Å²) in [5.41, 5.74) is 1.17. The molecular formula is C14H12Cl3NS. The third-order valence-corrected chi connectivity index (χ3v) is 4.58. The molecule has 100 valence electrons. The predicted octanol–water partition coefficient (Wildman–Crippen LogP) is 5.52. The summed E-state index contributed by atoms with van der Waals surface area (Å²) in [6.45, 7) is 0.775. The van der Waals surface area contributed by atoms with Gasteiger partial charge in [0.2, 0.25) is 0 Å². The van der Waals surface area contributed by atoms with E-state index in [1.807, 2.05) is 31.3 Å². The molecule has 2 aromatic carbocycles. The van der Waals surface area contributed by atoms with E-state index in [0.717, 1.165) is 16.3 Å². The molecular weight excluding hydrogens is 321 g/mol. The van der Waals surface area contributed by atoms with Gasteiger partial charge in [-0.2, -0.15) is 0 Å². The summed E-state index contributed by atoms with van der Waals surface area (Å²) in [7, 11) is 1.91. The van der Waals surface area contributed by atoms with Gasteiger partial charge in [0.1, 0.15) is 0 Å². The van der Waals surface area contributed by atoms with E-state index in [0.29, 0.717) is 15.1 Å². The average molecular weight is 333 g/mol. The normalized spacial score (nSPS) is 10.7. The third kappa shape index (κ3) is 4.04. The highest BCUT2D eigenvalue weighted by Gasteiger charge is 2.08. The Morgan fingerprint density at radius 2 is 1.58 bits per heavy atom. The topological polar surface area (TPSA) is 12.0 Å². The van der Waals surface area contributed by atoms with Crippen LogP contribution in [0.3, 0.4) is 0 Å². The number of hydrogen-bond donors (Lipinski definition) is 1. The molecule has 0 aliphatic carbocycles. The SMILES string of the molecule is CNCc1ccc(Cl)cc1Sc1cc(Cl)ccc1Cl. The van der Waals surface area contributed by atoms with Crippen LogP contribution < -0.4 is 5.32 Å². The van der Waals surface area contributed by atoms with Gasteiger partial charge in [0.25, 0.3) is 0 Å². The van der Waals surface area contributed by atoms with Crippen LogP contribution in [0.15, 0.2) is 46.2 Å². The monoisotopic (exact) mass is 331 g/mol. The molecule has 2 rings (SSSR count). The minimum atomic E-state index is 0.670. The number of benzene rings is 2. The Balaban J connectivity index is 2.36. The Kier molecular flexibility index (Phi) is 5.43. The Morgan fingerprint density at radius 3 is 2.26 bits per heavy atom. The van der Waals surface area contributed by atoms with Gasteiger partial charge in [0.15, 0.2) is 0 Å². The molecule has 0 saturated heterocycles. The van der Waals surface area contributed by atoms with Crippen molar-refractivity contribution in [3.63, 3.8) is 0 Å². The molecule has 0 amide bonds. The highest BCUT2D eigenvalue weighted by molar-refractivity contribution is 7.99. The standard InChI is InChI=1S/C14H12Cl3NS/c1-18-8-9-2-3-10(15)6-13(9)19-14-7-11(16)4-5-12(14)17/h2-7,18H,8H2,1H3. The fourth-order valence-corrected chi connectivity index (χ4v) is 3.39. The molecule has 0 heterocycles. The molecule has 0 spiro atoms. The zero-order valence-electron chi connectivity index (χ0n) is 10.2. The first kappa shape index (κ1) is 15.0. The van der Waals surface area contributed by atoms with Crippen molar-refractivity contribution in [3.05, 3.63) is 57.0 Å². The van der Waals surface area contributed by atoms with E-state index >= 15 is 0 Å². The van der Waals surface area contributed by atoms with Crippen LogP contribution in [0.25, 0.3) is 0 Å². The van der Waals surface area contributed by atoms with Gasteiger partial charge in [-0.25, -0.2) is 0 Å². The van der Waals surface area contributed by atoms with Gasteiger partial charge in [-0.15, -0.1) is 0 Å². The van der Waals surface area contributed by atoms with E-state index in [2.05, 4.69) is 5.32 Å². The van der Waals surface area contributed by atoms with Gasteiger partial charge in [-0.3, -0.25) is 0 Å². The molecule has 2 aromatic rings. The summed E-state index contributed by atoms with van der Waals surface area (Å²) < 4.78 is 0. The maximum absolute atomic E-state index is 6.19. The first-order chi connectivity index (χ1) is 9.10. The van der Waals surface area contributed by atoms with Crippen molar-refractivity contribution >= 4 is 46.6 Å². The van der Waals surface area contributed by atoms with E-state index in [4.69, 9.17) is 34.8 Å². The molecule has 0 radical (unpaired) electrons. The van der Waals surface area contributed by atoms with E-state index < -0.39 is 0 Å². The van der Waals surface area contributed by atoms with Crippen LogP contribution in [0.1, 0.15) is 5.56 Å². The second-order valence-electron chi connectivity index (χ2n) is 3.96. The lowest BCUT2D eigenvalue weighted by atomic mass is 10.2. The Morgan fingerprint density at radius 1 is 0.947 bits per heavy atom. The maximum atomic E-state index is 6.19. The second kappa shape index (κ2) is 6.87. The number of rotatable bonds is 4. The zero-order valence-corrected chi connectivity index (χ0v) is 13.3. The summed E-state index contributed by atoms with van der Waals surface area (Å²) in [6, 6.07) is 11.3. The maximum Gasteiger partial charge on any atom is 0.0546 e. The van der Waals surface area contributed by atoms with Crippen molar-refractivity contribution in [2.45, 2.75) is 16.3 Å². The highest BCUT2D eigenvalue weighted by atomic mass is 35.5. The summed E-state index contributed by atoms with van der Waals surface area (Å²) in [4.78, 5) is 2.00. The van der Waals surface area contributed by atoms with Crippen LogP contribution in [0.2, 0.25) is 15.1 Å². The van der Waals surface area contributed by atoms with E-state index in [-0.39, 0.29) is 0 Å². The third-order valence-electron chi connectivity index (χ3n) is 2.51. The van der Waals surface area contributed by atoms with Crippen LogP contribution in [-0.2, 0) is 6.54 Å². The van der Waals surface area contributed by atoms with Gasteiger partial charge < -0.3 is 5.32 Å². The summed E-state index contributed by atoms with van der Waals surface area (Å²) >= 11 is 19.8. The molecule has 0 aromatic heterocycles. The number of hydrogen-bond acceptors (Lipinski definition) is 2. The van der Waals surface area contributed by atoms with Crippen LogP contribution >= 0.6 is 46.6 Å². The zero-order chi connectivity index (χ0) is 13.8. The van der Waals surface area contributed by atoms with Crippen LogP contribution in [0.5, 0.6) is 0 Å². The first-order valence-corrected chi connectivity index (χ1v) is 7.61. The Hall–Kier alpha value is -0.380. The summed E-state index contributed by atoms with van der Waals surface area (Å²) in [5, 5.41) is 5.20. The van der Waals surface area contributed by atoms with Gasteiger partial charge >= 0.3 is 0 Å². The molecule has 0 aliphatic heterocycles. The molecule has 5 heteroatoms. The fourth-order valence-electron chi connectivity index (χ4n) is 1.63. The number of nitrogens with one attached hydrogen (secondary N) is 1. The van der Waals surface area contributed by atoms with Crippen LogP contribution in [-0.4, -0.2) is 7.05 Å². The van der Waals surface area contributed by atoms with Crippen molar-refractivity contribution < 1.29 is 0 Å². The van der Waals surface area contributed by atoms with Gasteiger partial charge in [0, 0.05) is 26.4 Å². The molecule has 0 unspecified atom stereocenters. The average Bonchev–Trinajstić information content (AvgIpc) is 2.37. The van der Waals surface area contributed by atoms with Crippen molar-refractivity contribution in [2.75, 3.05) is 7.05 Å². The molecule has 0 bridgehead atoms. The second-order valence-corrected chi connectivity index (χ2v) is 6.32. The lowest BCUT2D eigenvalue weighted by molar-refractivity contribution is 0.803. The van der Waals surface area contributed by atoms with Crippen molar-refractivity contribution in [1.29, 1.82) is 0 Å². The Bertz CT molecular complexity index is 587. The van der Waals surface area contributed by atoms with Crippen molar-refractivity contribution in [2.24, 2.45) is 0 Å². The lowest BCUT2D eigenvalue weighted by Gasteiger charge is -2.10. The summed E-state index contributed by atoms with van der Waals surface area (Å²) in [6.07, 6.45) is 0. The number of halogens is 3. The van der Waals surface area contributed by atoms with E-state index in [1.54, 1.807) is 23.9 Å². The van der Waals surface area contributed by atoms with E-state index in [1.165, 1.54) is 5.56 Å². The van der Waals surface area contributed by atoms with Crippen molar-refractivity contribution in [3.8, 4) is 0 Å². The van der Waals surface area contributed by atoms with Gasteiger partial charge in [-0.1, -0.05) is 52.6 Å². The Labute approximate surface area is 132 Å². The summed E-state index contributed by atoms with van der Waals surface area (Å²) in [5.74, 6) is 0. The molecule has 1 N–H and O–H groups in total. The minimum absolute atomic E-state index is 0.670. The first-order valence-electron chi connectivity index (χ1n) is 5.66. The smallest absolute Gasteiger partial charge is 0.0546 e. The minimum Gasteiger partial charge on any atom is -0.316 e. The predicted molar refractivity (Wildman–Crippen MR) is 84.8 cm³/mol. The molecule has 0 saturated carbocycles. The molecule has 0 atom stereocenters. The molecule has 0 aliphatic rings. The molecule has 19 heavy (non-hydrogen) atoms.